The van der Waals surface area contributed by atoms with Crippen LogP contribution < -0.4 is 10.9 Å². The second-order valence-corrected chi connectivity index (χ2v) is 3.78. The molecule has 0 saturated heterocycles. The number of halogens is 1. The van der Waals surface area contributed by atoms with E-state index in [-0.39, 0.29) is 17.2 Å². The maximum atomic E-state index is 13.1. The molecule has 0 unspecified atom stereocenters. The number of hydrazine groups is 1. The van der Waals surface area contributed by atoms with Crippen molar-refractivity contribution in [1.82, 2.24) is 10.9 Å². The Hall–Kier alpha value is -1.56. The third-order valence-corrected chi connectivity index (χ3v) is 2.26. The maximum Gasteiger partial charge on any atom is 0.272 e. The molecule has 0 aromatic heterocycles. The van der Waals surface area contributed by atoms with Crippen molar-refractivity contribution >= 4 is 23.6 Å². The Morgan fingerprint density at radius 2 is 2.00 bits per heavy atom. The van der Waals surface area contributed by atoms with Gasteiger partial charge in [0.1, 0.15) is 5.82 Å². The number of thioether (sulfide) groups is 1. The molecule has 16 heavy (non-hydrogen) atoms. The van der Waals surface area contributed by atoms with Gasteiger partial charge in [-0.3, -0.25) is 20.4 Å². The fourth-order valence-corrected chi connectivity index (χ4v) is 1.34. The molecule has 1 aromatic rings. The van der Waals surface area contributed by atoms with Crippen LogP contribution in [0.5, 0.6) is 0 Å². The normalized spacial score (nSPS) is 9.62. The summed E-state index contributed by atoms with van der Waals surface area (Å²) < 4.78 is 13.1. The van der Waals surface area contributed by atoms with Gasteiger partial charge in [0.25, 0.3) is 5.91 Å². The maximum absolute atomic E-state index is 13.1. The number of benzene rings is 1. The Morgan fingerprint density at radius 1 is 1.31 bits per heavy atom. The lowest BCUT2D eigenvalue weighted by Gasteiger charge is -2.06. The molecule has 2 N–H and O–H groups in total. The minimum absolute atomic E-state index is 0.105. The van der Waals surface area contributed by atoms with E-state index in [1.165, 1.54) is 30.0 Å². The average molecular weight is 242 g/mol. The van der Waals surface area contributed by atoms with E-state index in [9.17, 15) is 14.0 Å². The van der Waals surface area contributed by atoms with E-state index in [0.717, 1.165) is 0 Å². The van der Waals surface area contributed by atoms with Crippen molar-refractivity contribution in [2.24, 2.45) is 0 Å². The standard InChI is InChI=1S/C10H11FN2O2S/c1-16-6-9(14)12-13-10(15)7-4-2-3-5-8(7)11/h2-5H,6H2,1H3,(H,12,14)(H,13,15). The molecule has 1 aromatic carbocycles. The fraction of sp³-hybridized carbons (Fsp3) is 0.200. The van der Waals surface area contributed by atoms with E-state index >= 15 is 0 Å². The molecule has 86 valence electrons. The summed E-state index contributed by atoms with van der Waals surface area (Å²) in [5.41, 5.74) is 4.21. The van der Waals surface area contributed by atoms with E-state index in [1.54, 1.807) is 12.3 Å². The van der Waals surface area contributed by atoms with Gasteiger partial charge in [0.05, 0.1) is 11.3 Å². The van der Waals surface area contributed by atoms with Gasteiger partial charge in [-0.05, 0) is 18.4 Å². The van der Waals surface area contributed by atoms with Gasteiger partial charge < -0.3 is 0 Å². The largest absolute Gasteiger partial charge is 0.272 e. The molecule has 0 aliphatic carbocycles. The third-order valence-electron chi connectivity index (χ3n) is 1.71. The number of nitrogens with one attached hydrogen (secondary N) is 2. The predicted octanol–water partition coefficient (Wildman–Crippen LogP) is 0.950. The third kappa shape index (κ3) is 3.54. The summed E-state index contributed by atoms with van der Waals surface area (Å²) in [5.74, 6) is -1.40. The molecule has 0 fully saturated rings. The topological polar surface area (TPSA) is 58.2 Å². The molecule has 0 saturated carbocycles. The van der Waals surface area contributed by atoms with Gasteiger partial charge in [-0.15, -0.1) is 0 Å². The number of rotatable bonds is 3. The fourth-order valence-electron chi connectivity index (χ4n) is 1.01. The second-order valence-electron chi connectivity index (χ2n) is 2.92. The number of hydrogen-bond acceptors (Lipinski definition) is 3. The van der Waals surface area contributed by atoms with Crippen LogP contribution in [0.4, 0.5) is 4.39 Å². The molecule has 4 nitrogen and oxygen atoms in total. The van der Waals surface area contributed by atoms with Crippen LogP contribution in [0.15, 0.2) is 24.3 Å². The zero-order valence-corrected chi connectivity index (χ0v) is 9.44. The highest BCUT2D eigenvalue weighted by molar-refractivity contribution is 7.99. The summed E-state index contributed by atoms with van der Waals surface area (Å²) in [6.07, 6.45) is 1.76. The zero-order valence-electron chi connectivity index (χ0n) is 8.62. The molecule has 0 spiro atoms. The van der Waals surface area contributed by atoms with Crippen LogP contribution in [0.25, 0.3) is 0 Å². The van der Waals surface area contributed by atoms with Crippen molar-refractivity contribution in [1.29, 1.82) is 0 Å². The molecule has 0 radical (unpaired) electrons. The molecule has 0 bridgehead atoms. The van der Waals surface area contributed by atoms with Crippen LogP contribution in [0, 0.1) is 5.82 Å². The monoisotopic (exact) mass is 242 g/mol. The first kappa shape index (κ1) is 12.5. The van der Waals surface area contributed by atoms with Gasteiger partial charge in [-0.25, -0.2) is 4.39 Å². The summed E-state index contributed by atoms with van der Waals surface area (Å²) in [6, 6.07) is 5.55. The van der Waals surface area contributed by atoms with Crippen molar-refractivity contribution in [3.05, 3.63) is 35.6 Å². The number of carbonyl (C=O) groups is 2. The highest BCUT2D eigenvalue weighted by atomic mass is 32.2. The highest BCUT2D eigenvalue weighted by Gasteiger charge is 2.10. The summed E-state index contributed by atoms with van der Waals surface area (Å²) in [7, 11) is 0. The van der Waals surface area contributed by atoms with E-state index in [2.05, 4.69) is 10.9 Å². The summed E-state index contributed by atoms with van der Waals surface area (Å²) in [5, 5.41) is 0. The first-order chi connectivity index (χ1) is 7.65. The summed E-state index contributed by atoms with van der Waals surface area (Å²) in [6.45, 7) is 0. The minimum Gasteiger partial charge on any atom is -0.272 e. The SMILES string of the molecule is CSCC(=O)NNC(=O)c1ccccc1F. The molecule has 1 rings (SSSR count). The predicted molar refractivity (Wildman–Crippen MR) is 60.4 cm³/mol. The molecule has 2 amide bonds. The van der Waals surface area contributed by atoms with Crippen molar-refractivity contribution < 1.29 is 14.0 Å². The van der Waals surface area contributed by atoms with Crippen molar-refractivity contribution in [3.63, 3.8) is 0 Å². The van der Waals surface area contributed by atoms with Gasteiger partial charge >= 0.3 is 0 Å². The average Bonchev–Trinajstić information content (AvgIpc) is 2.27. The molecular formula is C10H11FN2O2S. The second kappa shape index (κ2) is 6.12. The van der Waals surface area contributed by atoms with Gasteiger partial charge in [0, 0.05) is 0 Å². The van der Waals surface area contributed by atoms with E-state index in [1.807, 2.05) is 0 Å². The first-order valence-corrected chi connectivity index (χ1v) is 5.87. The quantitative estimate of drug-likeness (QED) is 0.776. The number of carbonyl (C=O) groups excluding carboxylic acids is 2. The minimum atomic E-state index is -0.674. The van der Waals surface area contributed by atoms with Gasteiger partial charge in [0.2, 0.25) is 5.91 Å². The Labute approximate surface area is 96.6 Å². The van der Waals surface area contributed by atoms with Crippen LogP contribution in [-0.4, -0.2) is 23.8 Å². The lowest BCUT2D eigenvalue weighted by Crippen LogP contribution is -2.42. The van der Waals surface area contributed by atoms with E-state index in [0.29, 0.717) is 0 Å². The lowest BCUT2D eigenvalue weighted by atomic mass is 10.2. The molecular weight excluding hydrogens is 231 g/mol. The first-order valence-electron chi connectivity index (χ1n) is 4.48. The molecule has 0 aliphatic rings. The van der Waals surface area contributed by atoms with E-state index < -0.39 is 11.7 Å². The Balaban J connectivity index is 2.54. The molecule has 0 aliphatic heterocycles. The van der Waals surface area contributed by atoms with Crippen molar-refractivity contribution in [3.8, 4) is 0 Å². The lowest BCUT2D eigenvalue weighted by molar-refractivity contribution is -0.119. The van der Waals surface area contributed by atoms with Gasteiger partial charge in [0.15, 0.2) is 0 Å². The number of amides is 2. The van der Waals surface area contributed by atoms with Crippen LogP contribution in [-0.2, 0) is 4.79 Å². The Morgan fingerprint density at radius 3 is 2.62 bits per heavy atom. The molecule has 6 heteroatoms. The molecule has 0 heterocycles. The van der Waals surface area contributed by atoms with Crippen LogP contribution in [0.1, 0.15) is 10.4 Å². The van der Waals surface area contributed by atoms with Gasteiger partial charge in [-0.2, -0.15) is 11.8 Å². The van der Waals surface area contributed by atoms with E-state index in [4.69, 9.17) is 0 Å². The smallest absolute Gasteiger partial charge is 0.272 e. The zero-order chi connectivity index (χ0) is 12.0. The van der Waals surface area contributed by atoms with Crippen molar-refractivity contribution in [2.45, 2.75) is 0 Å². The Kier molecular flexibility index (Phi) is 4.78. The number of hydrogen-bond donors (Lipinski definition) is 2. The summed E-state index contributed by atoms with van der Waals surface area (Å²) >= 11 is 1.32. The highest BCUT2D eigenvalue weighted by Crippen LogP contribution is 2.05. The molecule has 0 atom stereocenters. The van der Waals surface area contributed by atoms with Crippen LogP contribution in [0.3, 0.4) is 0 Å². The van der Waals surface area contributed by atoms with Gasteiger partial charge in [-0.1, -0.05) is 12.1 Å². The van der Waals surface area contributed by atoms with Crippen LogP contribution >= 0.6 is 11.8 Å². The summed E-state index contributed by atoms with van der Waals surface area (Å²) in [4.78, 5) is 22.4. The Bertz CT molecular complexity index is 398. The van der Waals surface area contributed by atoms with Crippen LogP contribution in [0.2, 0.25) is 0 Å². The van der Waals surface area contributed by atoms with Crippen molar-refractivity contribution in [2.75, 3.05) is 12.0 Å².